The SMILES string of the molecule is O=C(COc1ccc(Nc2ccccc2)cc1)NNC(=O)c1cc(-c2ccccc2)nc2ccccc12. The van der Waals surface area contributed by atoms with E-state index in [1.54, 1.807) is 18.2 Å². The van der Waals surface area contributed by atoms with Gasteiger partial charge >= 0.3 is 0 Å². The number of hydrazine groups is 1. The van der Waals surface area contributed by atoms with Gasteiger partial charge in [0, 0.05) is 22.3 Å². The number of nitrogens with zero attached hydrogens (tertiary/aromatic N) is 1. The second kappa shape index (κ2) is 11.0. The predicted molar refractivity (Wildman–Crippen MR) is 144 cm³/mol. The number of nitrogens with one attached hydrogen (secondary N) is 3. The maximum atomic E-state index is 13.0. The number of aromatic nitrogens is 1. The lowest BCUT2D eigenvalue weighted by molar-refractivity contribution is -0.123. The van der Waals surface area contributed by atoms with Crippen molar-refractivity contribution < 1.29 is 14.3 Å². The number of carbonyl (C=O) groups excluding carboxylic acids is 2. The number of rotatable bonds is 7. The van der Waals surface area contributed by atoms with Gasteiger partial charge in [-0.05, 0) is 48.5 Å². The van der Waals surface area contributed by atoms with Crippen LogP contribution in [0.1, 0.15) is 10.4 Å². The maximum Gasteiger partial charge on any atom is 0.276 e. The molecule has 0 radical (unpaired) electrons. The summed E-state index contributed by atoms with van der Waals surface area (Å²) >= 11 is 0. The van der Waals surface area contributed by atoms with E-state index in [2.05, 4.69) is 21.2 Å². The maximum absolute atomic E-state index is 13.0. The lowest BCUT2D eigenvalue weighted by Crippen LogP contribution is -2.43. The minimum atomic E-state index is -0.485. The van der Waals surface area contributed by atoms with E-state index in [1.807, 2.05) is 97.1 Å². The Kier molecular flexibility index (Phi) is 7.04. The molecule has 7 heteroatoms. The fraction of sp³-hybridized carbons (Fsp3) is 0.0333. The van der Waals surface area contributed by atoms with Gasteiger partial charge in [0.05, 0.1) is 16.8 Å². The number of para-hydroxylation sites is 2. The van der Waals surface area contributed by atoms with Crippen molar-refractivity contribution in [3.05, 3.63) is 121 Å². The Balaban J connectivity index is 1.19. The Hall–Kier alpha value is -5.17. The van der Waals surface area contributed by atoms with Gasteiger partial charge in [-0.1, -0.05) is 66.7 Å². The van der Waals surface area contributed by atoms with Gasteiger partial charge in [0.25, 0.3) is 11.8 Å². The summed E-state index contributed by atoms with van der Waals surface area (Å²) in [4.78, 5) is 30.0. The Labute approximate surface area is 214 Å². The number of hydrogen-bond acceptors (Lipinski definition) is 5. The van der Waals surface area contributed by atoms with E-state index in [9.17, 15) is 9.59 Å². The van der Waals surface area contributed by atoms with Gasteiger partial charge in [0.2, 0.25) is 0 Å². The molecule has 0 unspecified atom stereocenters. The highest BCUT2D eigenvalue weighted by Gasteiger charge is 2.15. The summed E-state index contributed by atoms with van der Waals surface area (Å²) in [5.74, 6) is -0.394. The molecule has 1 aromatic heterocycles. The Morgan fingerprint density at radius 1 is 0.703 bits per heavy atom. The Morgan fingerprint density at radius 3 is 2.11 bits per heavy atom. The van der Waals surface area contributed by atoms with E-state index in [4.69, 9.17) is 4.74 Å². The zero-order valence-corrected chi connectivity index (χ0v) is 19.8. The number of fused-ring (bicyclic) bond motifs is 1. The van der Waals surface area contributed by atoms with Crippen LogP contribution >= 0.6 is 0 Å². The average Bonchev–Trinajstić information content (AvgIpc) is 2.96. The molecule has 0 aliphatic carbocycles. The van der Waals surface area contributed by atoms with Gasteiger partial charge in [-0.3, -0.25) is 20.4 Å². The van der Waals surface area contributed by atoms with Crippen LogP contribution in [0, 0.1) is 0 Å². The molecule has 0 atom stereocenters. The van der Waals surface area contributed by atoms with Crippen LogP contribution in [0.4, 0.5) is 11.4 Å². The van der Waals surface area contributed by atoms with Crippen molar-refractivity contribution in [2.24, 2.45) is 0 Å². The molecule has 3 N–H and O–H groups in total. The van der Waals surface area contributed by atoms with Crippen molar-refractivity contribution >= 4 is 34.1 Å². The molecule has 0 saturated carbocycles. The minimum absolute atomic E-state index is 0.252. The molecule has 7 nitrogen and oxygen atoms in total. The zero-order chi connectivity index (χ0) is 25.5. The molecular formula is C30H24N4O3. The summed E-state index contributed by atoms with van der Waals surface area (Å²) in [5.41, 5.74) is 9.44. The molecule has 0 aliphatic heterocycles. The molecule has 0 spiro atoms. The summed E-state index contributed by atoms with van der Waals surface area (Å²) in [7, 11) is 0. The van der Waals surface area contributed by atoms with Crippen molar-refractivity contribution in [1.82, 2.24) is 15.8 Å². The zero-order valence-electron chi connectivity index (χ0n) is 19.8. The van der Waals surface area contributed by atoms with Gasteiger partial charge in [-0.2, -0.15) is 0 Å². The summed E-state index contributed by atoms with van der Waals surface area (Å²) < 4.78 is 5.56. The minimum Gasteiger partial charge on any atom is -0.484 e. The quantitative estimate of drug-likeness (QED) is 0.264. The van der Waals surface area contributed by atoms with Crippen LogP contribution in [0.5, 0.6) is 5.75 Å². The molecular weight excluding hydrogens is 464 g/mol. The van der Waals surface area contributed by atoms with Crippen LogP contribution < -0.4 is 20.9 Å². The first-order valence-electron chi connectivity index (χ1n) is 11.7. The first kappa shape index (κ1) is 23.6. The van der Waals surface area contributed by atoms with E-state index in [-0.39, 0.29) is 6.61 Å². The molecule has 0 fully saturated rings. The van der Waals surface area contributed by atoms with Crippen LogP contribution in [-0.2, 0) is 4.79 Å². The Morgan fingerprint density at radius 2 is 1.35 bits per heavy atom. The number of pyridine rings is 1. The van der Waals surface area contributed by atoms with Crippen LogP contribution in [0.15, 0.2) is 115 Å². The molecule has 0 saturated heterocycles. The molecule has 1 heterocycles. The molecule has 4 aromatic carbocycles. The standard InChI is InChI=1S/C30H24N4O3/c35-29(20-37-24-17-15-23(16-18-24)31-22-11-5-2-6-12-22)33-34-30(36)26-19-28(21-9-3-1-4-10-21)32-27-14-8-7-13-25(26)27/h1-19,31H,20H2,(H,33,35)(H,34,36). The predicted octanol–water partition coefficient (Wildman–Crippen LogP) is 5.49. The smallest absolute Gasteiger partial charge is 0.276 e. The highest BCUT2D eigenvalue weighted by atomic mass is 16.5. The largest absolute Gasteiger partial charge is 0.484 e. The third kappa shape index (κ3) is 5.91. The molecule has 182 valence electrons. The summed E-state index contributed by atoms with van der Waals surface area (Å²) in [6.45, 7) is -0.252. The summed E-state index contributed by atoms with van der Waals surface area (Å²) in [6.07, 6.45) is 0. The highest BCUT2D eigenvalue weighted by molar-refractivity contribution is 6.07. The first-order valence-corrected chi connectivity index (χ1v) is 11.7. The van der Waals surface area contributed by atoms with E-state index in [0.29, 0.717) is 27.9 Å². The lowest BCUT2D eigenvalue weighted by Gasteiger charge is -2.12. The molecule has 0 bridgehead atoms. The van der Waals surface area contributed by atoms with Crippen LogP contribution in [0.25, 0.3) is 22.2 Å². The van der Waals surface area contributed by atoms with Crippen LogP contribution in [0.3, 0.4) is 0 Å². The summed E-state index contributed by atoms with van der Waals surface area (Å²) in [6, 6.07) is 35.8. The van der Waals surface area contributed by atoms with Gasteiger partial charge in [0.15, 0.2) is 6.61 Å². The third-order valence-electron chi connectivity index (χ3n) is 5.63. The molecule has 5 aromatic rings. The van der Waals surface area contributed by atoms with E-state index >= 15 is 0 Å². The summed E-state index contributed by atoms with van der Waals surface area (Å²) in [5, 5.41) is 3.97. The third-order valence-corrected chi connectivity index (χ3v) is 5.63. The lowest BCUT2D eigenvalue weighted by atomic mass is 10.0. The van der Waals surface area contributed by atoms with Crippen LogP contribution in [-0.4, -0.2) is 23.4 Å². The molecule has 37 heavy (non-hydrogen) atoms. The number of amides is 2. The average molecular weight is 489 g/mol. The van der Waals surface area contributed by atoms with Crippen molar-refractivity contribution in [1.29, 1.82) is 0 Å². The van der Waals surface area contributed by atoms with Crippen molar-refractivity contribution in [2.75, 3.05) is 11.9 Å². The molecule has 5 rings (SSSR count). The molecule has 2 amide bonds. The fourth-order valence-corrected chi connectivity index (χ4v) is 3.82. The van der Waals surface area contributed by atoms with Crippen molar-refractivity contribution in [2.45, 2.75) is 0 Å². The van der Waals surface area contributed by atoms with Crippen molar-refractivity contribution in [3.8, 4) is 17.0 Å². The topological polar surface area (TPSA) is 92.4 Å². The van der Waals surface area contributed by atoms with E-state index < -0.39 is 11.8 Å². The monoisotopic (exact) mass is 488 g/mol. The van der Waals surface area contributed by atoms with E-state index in [0.717, 1.165) is 16.9 Å². The fourth-order valence-electron chi connectivity index (χ4n) is 3.82. The Bertz CT molecular complexity index is 1520. The van der Waals surface area contributed by atoms with Gasteiger partial charge in [0.1, 0.15) is 5.75 Å². The van der Waals surface area contributed by atoms with Crippen LogP contribution in [0.2, 0.25) is 0 Å². The van der Waals surface area contributed by atoms with E-state index in [1.165, 1.54) is 0 Å². The highest BCUT2D eigenvalue weighted by Crippen LogP contribution is 2.25. The number of carbonyl (C=O) groups is 2. The normalized spacial score (nSPS) is 10.5. The van der Waals surface area contributed by atoms with Crippen molar-refractivity contribution in [3.63, 3.8) is 0 Å². The van der Waals surface area contributed by atoms with Gasteiger partial charge in [-0.15, -0.1) is 0 Å². The first-order chi connectivity index (χ1) is 18.2. The number of benzene rings is 4. The number of ether oxygens (including phenoxy) is 1. The number of hydrogen-bond donors (Lipinski definition) is 3. The second-order valence-corrected chi connectivity index (χ2v) is 8.24. The number of anilines is 2. The van der Waals surface area contributed by atoms with Gasteiger partial charge in [-0.25, -0.2) is 4.98 Å². The second-order valence-electron chi connectivity index (χ2n) is 8.24. The van der Waals surface area contributed by atoms with Gasteiger partial charge < -0.3 is 10.1 Å². The molecule has 0 aliphatic rings.